The Kier molecular flexibility index (Phi) is 5.70. The van der Waals surface area contributed by atoms with Crippen molar-refractivity contribution in [3.63, 3.8) is 0 Å². The van der Waals surface area contributed by atoms with Crippen LogP contribution in [-0.2, 0) is 6.54 Å². The van der Waals surface area contributed by atoms with Crippen molar-refractivity contribution in [3.05, 3.63) is 41.3 Å². The van der Waals surface area contributed by atoms with Crippen molar-refractivity contribution in [2.75, 3.05) is 6.54 Å². The lowest BCUT2D eigenvalue weighted by molar-refractivity contribution is 0.551. The number of nitrogens with one attached hydrogen (secondary N) is 1. The summed E-state index contributed by atoms with van der Waals surface area (Å²) in [6, 6.07) is 2.18. The molecule has 21 heavy (non-hydrogen) atoms. The summed E-state index contributed by atoms with van der Waals surface area (Å²) in [6.07, 6.45) is 5.58. The van der Waals surface area contributed by atoms with Gasteiger partial charge in [0.2, 0.25) is 0 Å². The highest BCUT2D eigenvalue weighted by Crippen LogP contribution is 2.25. The first-order valence-electron chi connectivity index (χ1n) is 7.17. The summed E-state index contributed by atoms with van der Waals surface area (Å²) in [4.78, 5) is 13.1. The van der Waals surface area contributed by atoms with Gasteiger partial charge < -0.3 is 5.32 Å². The van der Waals surface area contributed by atoms with E-state index in [0.29, 0.717) is 5.92 Å². The summed E-state index contributed by atoms with van der Waals surface area (Å²) in [5, 5.41) is 5.13. The second-order valence-corrected chi connectivity index (χ2v) is 6.59. The summed E-state index contributed by atoms with van der Waals surface area (Å²) in [6.45, 7) is 10.4. The Morgan fingerprint density at radius 2 is 1.81 bits per heavy atom. The zero-order chi connectivity index (χ0) is 15.2. The summed E-state index contributed by atoms with van der Waals surface area (Å²) in [7, 11) is 0. The molecule has 0 aliphatic rings. The second-order valence-electron chi connectivity index (χ2n) is 5.64. The van der Waals surface area contributed by atoms with Gasteiger partial charge in [-0.2, -0.15) is 0 Å². The first-order chi connectivity index (χ1) is 10.0. The maximum Gasteiger partial charge on any atom is 0.193 e. The predicted octanol–water partition coefficient (Wildman–Crippen LogP) is 3.39. The molecule has 0 radical (unpaired) electrons. The van der Waals surface area contributed by atoms with E-state index < -0.39 is 0 Å². The molecule has 0 aliphatic heterocycles. The van der Waals surface area contributed by atoms with Crippen LogP contribution in [0.3, 0.4) is 0 Å². The number of hydrogen-bond acceptors (Lipinski definition) is 5. The number of aryl methyl sites for hydroxylation is 2. The molecule has 0 amide bonds. The average Bonchev–Trinajstić information content (AvgIpc) is 2.44. The summed E-state index contributed by atoms with van der Waals surface area (Å²) in [5.41, 5.74) is 3.44. The van der Waals surface area contributed by atoms with Crippen LogP contribution in [0, 0.1) is 19.8 Å². The van der Waals surface area contributed by atoms with Gasteiger partial charge in [0.1, 0.15) is 5.03 Å². The fourth-order valence-corrected chi connectivity index (χ4v) is 2.56. The van der Waals surface area contributed by atoms with E-state index in [1.165, 1.54) is 17.3 Å². The molecule has 1 N–H and O–H groups in total. The average molecular weight is 302 g/mol. The van der Waals surface area contributed by atoms with Gasteiger partial charge in [-0.3, -0.25) is 0 Å². The van der Waals surface area contributed by atoms with Crippen molar-refractivity contribution >= 4 is 11.8 Å². The highest BCUT2D eigenvalue weighted by molar-refractivity contribution is 7.99. The molecule has 4 nitrogen and oxygen atoms in total. The lowest BCUT2D eigenvalue weighted by Crippen LogP contribution is -2.19. The monoisotopic (exact) mass is 302 g/mol. The lowest BCUT2D eigenvalue weighted by Gasteiger charge is -2.09. The van der Waals surface area contributed by atoms with Crippen LogP contribution >= 0.6 is 11.8 Å². The van der Waals surface area contributed by atoms with Crippen LogP contribution in [-0.4, -0.2) is 21.5 Å². The summed E-state index contributed by atoms with van der Waals surface area (Å²) < 4.78 is 0. The van der Waals surface area contributed by atoms with Crippen LogP contribution in [0.5, 0.6) is 0 Å². The summed E-state index contributed by atoms with van der Waals surface area (Å²) in [5.74, 6) is 0.660. The van der Waals surface area contributed by atoms with Crippen molar-refractivity contribution in [1.29, 1.82) is 0 Å². The molecule has 0 aliphatic carbocycles. The Bertz CT molecular complexity index is 581. The Labute approximate surface area is 130 Å². The van der Waals surface area contributed by atoms with Gasteiger partial charge in [-0.1, -0.05) is 19.9 Å². The molecule has 0 spiro atoms. The third-order valence-electron chi connectivity index (χ3n) is 2.91. The van der Waals surface area contributed by atoms with E-state index >= 15 is 0 Å². The number of hydrogen-bond donors (Lipinski definition) is 1. The largest absolute Gasteiger partial charge is 0.312 e. The molecule has 0 saturated carbocycles. The van der Waals surface area contributed by atoms with Crippen molar-refractivity contribution in [2.45, 2.75) is 44.4 Å². The minimum atomic E-state index is 0.660. The van der Waals surface area contributed by atoms with Crippen LogP contribution in [0.15, 0.2) is 34.8 Å². The molecular formula is C16H22N4S. The molecule has 2 aromatic rings. The molecular weight excluding hydrogens is 280 g/mol. The van der Waals surface area contributed by atoms with Gasteiger partial charge in [0.15, 0.2) is 5.16 Å². The molecule has 2 aromatic heterocycles. The van der Waals surface area contributed by atoms with E-state index in [1.54, 1.807) is 0 Å². The minimum absolute atomic E-state index is 0.660. The van der Waals surface area contributed by atoms with Gasteiger partial charge in [-0.15, -0.1) is 0 Å². The first-order valence-corrected chi connectivity index (χ1v) is 7.99. The molecule has 0 saturated heterocycles. The molecule has 112 valence electrons. The Balaban J connectivity index is 2.00. The second kappa shape index (κ2) is 7.52. The SMILES string of the molecule is Cc1cnc(Sc2ncc(CNCC(C)C)cc2C)nc1. The van der Waals surface area contributed by atoms with Crippen molar-refractivity contribution in [3.8, 4) is 0 Å². The molecule has 0 fully saturated rings. The Hall–Kier alpha value is -1.46. The highest BCUT2D eigenvalue weighted by Gasteiger charge is 2.06. The first kappa shape index (κ1) is 15.9. The minimum Gasteiger partial charge on any atom is -0.312 e. The van der Waals surface area contributed by atoms with E-state index in [9.17, 15) is 0 Å². The topological polar surface area (TPSA) is 50.7 Å². The van der Waals surface area contributed by atoms with E-state index in [1.807, 2.05) is 25.5 Å². The van der Waals surface area contributed by atoms with Crippen LogP contribution < -0.4 is 5.32 Å². The maximum atomic E-state index is 4.54. The van der Waals surface area contributed by atoms with Crippen molar-refractivity contribution in [2.24, 2.45) is 5.92 Å². The van der Waals surface area contributed by atoms with Gasteiger partial charge in [0.25, 0.3) is 0 Å². The van der Waals surface area contributed by atoms with E-state index in [-0.39, 0.29) is 0 Å². The van der Waals surface area contributed by atoms with Gasteiger partial charge >= 0.3 is 0 Å². The number of rotatable bonds is 6. The van der Waals surface area contributed by atoms with Gasteiger partial charge in [0, 0.05) is 25.1 Å². The molecule has 5 heteroatoms. The number of pyridine rings is 1. The van der Waals surface area contributed by atoms with Crippen LogP contribution in [0.2, 0.25) is 0 Å². The predicted molar refractivity (Wildman–Crippen MR) is 86.4 cm³/mol. The van der Waals surface area contributed by atoms with Gasteiger partial charge in [-0.05, 0) is 54.8 Å². The Morgan fingerprint density at radius 1 is 1.10 bits per heavy atom. The fraction of sp³-hybridized carbons (Fsp3) is 0.438. The molecule has 0 bridgehead atoms. The van der Waals surface area contributed by atoms with Crippen LogP contribution in [0.1, 0.15) is 30.5 Å². The van der Waals surface area contributed by atoms with E-state index in [0.717, 1.165) is 34.4 Å². The number of aromatic nitrogens is 3. The Morgan fingerprint density at radius 3 is 2.43 bits per heavy atom. The molecule has 0 unspecified atom stereocenters. The highest BCUT2D eigenvalue weighted by atomic mass is 32.2. The maximum absolute atomic E-state index is 4.54. The van der Waals surface area contributed by atoms with Crippen molar-refractivity contribution in [1.82, 2.24) is 20.3 Å². The quantitative estimate of drug-likeness (QED) is 0.829. The normalized spacial score (nSPS) is 11.1. The van der Waals surface area contributed by atoms with Gasteiger partial charge in [-0.25, -0.2) is 15.0 Å². The zero-order valence-corrected chi connectivity index (χ0v) is 13.9. The summed E-state index contributed by atoms with van der Waals surface area (Å²) >= 11 is 1.51. The lowest BCUT2D eigenvalue weighted by atomic mass is 10.2. The molecule has 0 atom stereocenters. The van der Waals surface area contributed by atoms with E-state index in [4.69, 9.17) is 0 Å². The van der Waals surface area contributed by atoms with Crippen molar-refractivity contribution < 1.29 is 0 Å². The standard InChI is InChI=1S/C16H22N4S/c1-11(2)6-17-9-14-5-13(4)15(18-10-14)21-16-19-7-12(3)8-20-16/h5,7-8,10-11,17H,6,9H2,1-4H3. The third kappa shape index (κ3) is 5.10. The smallest absolute Gasteiger partial charge is 0.193 e. The van der Waals surface area contributed by atoms with Crippen LogP contribution in [0.4, 0.5) is 0 Å². The molecule has 2 rings (SSSR count). The van der Waals surface area contributed by atoms with E-state index in [2.05, 4.69) is 47.1 Å². The van der Waals surface area contributed by atoms with Crippen LogP contribution in [0.25, 0.3) is 0 Å². The number of nitrogens with zero attached hydrogens (tertiary/aromatic N) is 3. The zero-order valence-electron chi connectivity index (χ0n) is 13.1. The fourth-order valence-electron chi connectivity index (χ4n) is 1.85. The molecule has 0 aromatic carbocycles. The third-order valence-corrected chi connectivity index (χ3v) is 3.93. The molecule has 2 heterocycles. The van der Waals surface area contributed by atoms with Gasteiger partial charge in [0.05, 0.1) is 0 Å².